The fourth-order valence-corrected chi connectivity index (χ4v) is 3.22. The molecule has 0 radical (unpaired) electrons. The number of fused-ring (bicyclic) bond motifs is 1. The predicted molar refractivity (Wildman–Crippen MR) is 85.8 cm³/mol. The lowest BCUT2D eigenvalue weighted by molar-refractivity contribution is 0.0914. The molecule has 4 nitrogen and oxygen atoms in total. The number of aromatic nitrogens is 1. The van der Waals surface area contributed by atoms with Crippen LogP contribution in [0.15, 0.2) is 18.2 Å². The molecular formula is C17H23N3O. The summed E-state index contributed by atoms with van der Waals surface area (Å²) in [6.07, 6.45) is 2.21. The van der Waals surface area contributed by atoms with Crippen molar-refractivity contribution < 1.29 is 4.79 Å². The van der Waals surface area contributed by atoms with Crippen LogP contribution in [0.3, 0.4) is 0 Å². The normalized spacial score (nSPS) is 19.9. The van der Waals surface area contributed by atoms with Gasteiger partial charge in [0.05, 0.1) is 11.1 Å². The van der Waals surface area contributed by atoms with E-state index < -0.39 is 0 Å². The molecule has 112 valence electrons. The first-order chi connectivity index (χ1) is 10.1. The summed E-state index contributed by atoms with van der Waals surface area (Å²) in [6.45, 7) is 6.19. The summed E-state index contributed by atoms with van der Waals surface area (Å²) in [7, 11) is 2.11. The quantitative estimate of drug-likeness (QED) is 0.891. The predicted octanol–water partition coefficient (Wildman–Crippen LogP) is 2.61. The zero-order chi connectivity index (χ0) is 15.0. The maximum Gasteiger partial charge on any atom is 0.253 e. The first-order valence-corrected chi connectivity index (χ1v) is 7.63. The van der Waals surface area contributed by atoms with Crippen molar-refractivity contribution in [1.29, 1.82) is 0 Å². The Hall–Kier alpha value is -1.81. The number of likely N-dealkylation sites (N-methyl/N-ethyl adjacent to an activating group) is 1. The van der Waals surface area contributed by atoms with E-state index >= 15 is 0 Å². The fraction of sp³-hybridized carbons (Fsp3) is 0.471. The Morgan fingerprint density at radius 2 is 2.19 bits per heavy atom. The molecule has 3 rings (SSSR count). The Morgan fingerprint density at radius 3 is 2.95 bits per heavy atom. The number of amides is 1. The van der Waals surface area contributed by atoms with Crippen LogP contribution >= 0.6 is 0 Å². The van der Waals surface area contributed by atoms with Gasteiger partial charge in [-0.3, -0.25) is 4.79 Å². The van der Waals surface area contributed by atoms with Crippen LogP contribution < -0.4 is 5.32 Å². The molecule has 1 aliphatic heterocycles. The zero-order valence-electron chi connectivity index (χ0n) is 13.0. The van der Waals surface area contributed by atoms with Gasteiger partial charge in [0.25, 0.3) is 5.91 Å². The second kappa shape index (κ2) is 5.53. The van der Waals surface area contributed by atoms with Crippen LogP contribution in [0.1, 0.15) is 34.5 Å². The molecule has 1 aliphatic rings. The molecule has 1 saturated heterocycles. The van der Waals surface area contributed by atoms with Gasteiger partial charge in [0.1, 0.15) is 0 Å². The average Bonchev–Trinajstić information content (AvgIpc) is 2.74. The van der Waals surface area contributed by atoms with Gasteiger partial charge in [-0.1, -0.05) is 12.1 Å². The smallest absolute Gasteiger partial charge is 0.253 e. The maximum atomic E-state index is 12.6. The van der Waals surface area contributed by atoms with E-state index in [0.717, 1.165) is 48.1 Å². The third kappa shape index (κ3) is 2.68. The van der Waals surface area contributed by atoms with Crippen LogP contribution in [0.5, 0.6) is 0 Å². The number of aromatic amines is 1. The molecule has 0 aliphatic carbocycles. The lowest BCUT2D eigenvalue weighted by Crippen LogP contribution is -2.46. The second-order valence-electron chi connectivity index (χ2n) is 6.18. The Labute approximate surface area is 125 Å². The number of para-hydroxylation sites is 1. The molecule has 0 saturated carbocycles. The van der Waals surface area contributed by atoms with Gasteiger partial charge in [-0.25, -0.2) is 0 Å². The van der Waals surface area contributed by atoms with E-state index in [-0.39, 0.29) is 11.9 Å². The van der Waals surface area contributed by atoms with Crippen molar-refractivity contribution >= 4 is 16.8 Å². The van der Waals surface area contributed by atoms with Gasteiger partial charge in [0.2, 0.25) is 0 Å². The molecule has 2 heterocycles. The molecule has 1 aromatic carbocycles. The molecule has 0 spiro atoms. The van der Waals surface area contributed by atoms with E-state index in [4.69, 9.17) is 0 Å². The summed E-state index contributed by atoms with van der Waals surface area (Å²) in [5.41, 5.74) is 4.05. The molecule has 4 heteroatoms. The van der Waals surface area contributed by atoms with E-state index in [0.29, 0.717) is 0 Å². The zero-order valence-corrected chi connectivity index (χ0v) is 13.0. The molecule has 2 aromatic rings. The average molecular weight is 285 g/mol. The van der Waals surface area contributed by atoms with E-state index in [1.165, 1.54) is 5.56 Å². The topological polar surface area (TPSA) is 48.1 Å². The first-order valence-electron chi connectivity index (χ1n) is 7.63. The van der Waals surface area contributed by atoms with Crippen molar-refractivity contribution in [3.8, 4) is 0 Å². The van der Waals surface area contributed by atoms with Gasteiger partial charge >= 0.3 is 0 Å². The lowest BCUT2D eigenvalue weighted by atomic mass is 10.0. The molecular weight excluding hydrogens is 262 g/mol. The van der Waals surface area contributed by atoms with Gasteiger partial charge in [-0.15, -0.1) is 0 Å². The Kier molecular flexibility index (Phi) is 3.72. The molecule has 1 aromatic heterocycles. The highest BCUT2D eigenvalue weighted by atomic mass is 16.1. The molecule has 21 heavy (non-hydrogen) atoms. The first kappa shape index (κ1) is 14.1. The number of piperidine rings is 1. The lowest BCUT2D eigenvalue weighted by Gasteiger charge is -2.30. The fourth-order valence-electron chi connectivity index (χ4n) is 3.22. The summed E-state index contributed by atoms with van der Waals surface area (Å²) in [4.78, 5) is 18.2. The van der Waals surface area contributed by atoms with E-state index in [1.54, 1.807) is 0 Å². The number of benzene rings is 1. The number of rotatable bonds is 2. The maximum absolute atomic E-state index is 12.6. The molecule has 1 fully saturated rings. The van der Waals surface area contributed by atoms with Crippen molar-refractivity contribution in [3.05, 3.63) is 35.0 Å². The molecule has 1 unspecified atom stereocenters. The summed E-state index contributed by atoms with van der Waals surface area (Å²) >= 11 is 0. The number of hydrogen-bond acceptors (Lipinski definition) is 2. The van der Waals surface area contributed by atoms with Crippen LogP contribution in [0.2, 0.25) is 0 Å². The Morgan fingerprint density at radius 1 is 1.38 bits per heavy atom. The Balaban J connectivity index is 1.86. The summed E-state index contributed by atoms with van der Waals surface area (Å²) in [5, 5.41) is 4.33. The number of aryl methyl sites for hydroxylation is 2. The number of H-pyrrole nitrogens is 1. The monoisotopic (exact) mass is 285 g/mol. The van der Waals surface area contributed by atoms with Crippen LogP contribution in [0.25, 0.3) is 10.9 Å². The van der Waals surface area contributed by atoms with Crippen molar-refractivity contribution in [2.75, 3.05) is 20.1 Å². The van der Waals surface area contributed by atoms with Gasteiger partial charge in [-0.05, 0) is 51.9 Å². The number of hydrogen-bond donors (Lipinski definition) is 2. The second-order valence-corrected chi connectivity index (χ2v) is 6.18. The minimum absolute atomic E-state index is 0.0298. The number of nitrogens with zero attached hydrogens (tertiary/aromatic N) is 1. The van der Waals surface area contributed by atoms with Crippen LogP contribution in [0, 0.1) is 13.8 Å². The third-order valence-corrected chi connectivity index (χ3v) is 4.55. The summed E-state index contributed by atoms with van der Waals surface area (Å²) < 4.78 is 0. The number of nitrogens with one attached hydrogen (secondary N) is 2. The molecule has 2 N–H and O–H groups in total. The largest absolute Gasteiger partial charge is 0.358 e. The van der Waals surface area contributed by atoms with Crippen LogP contribution in [-0.4, -0.2) is 42.0 Å². The van der Waals surface area contributed by atoms with Crippen molar-refractivity contribution in [1.82, 2.24) is 15.2 Å². The molecule has 0 bridgehead atoms. The highest BCUT2D eigenvalue weighted by Gasteiger charge is 2.21. The number of carbonyl (C=O) groups excluding carboxylic acids is 1. The van der Waals surface area contributed by atoms with Crippen molar-refractivity contribution in [3.63, 3.8) is 0 Å². The van der Waals surface area contributed by atoms with Crippen LogP contribution in [0.4, 0.5) is 0 Å². The third-order valence-electron chi connectivity index (χ3n) is 4.55. The van der Waals surface area contributed by atoms with Gasteiger partial charge in [-0.2, -0.15) is 0 Å². The standard InChI is InChI=1S/C17H23N3O/c1-11-12(2)18-16-14(11)7-4-8-15(16)17(21)19-13-6-5-9-20(3)10-13/h4,7-8,13,18H,5-6,9-10H2,1-3H3,(H,19,21). The number of likely N-dealkylation sites (tertiary alicyclic amines) is 1. The molecule has 1 amide bonds. The summed E-state index contributed by atoms with van der Waals surface area (Å²) in [5.74, 6) is 0.0298. The van der Waals surface area contributed by atoms with Crippen molar-refractivity contribution in [2.45, 2.75) is 32.7 Å². The molecule has 1 atom stereocenters. The SMILES string of the molecule is Cc1[nH]c2c(C(=O)NC3CCCN(C)C3)cccc2c1C. The highest BCUT2D eigenvalue weighted by Crippen LogP contribution is 2.24. The number of carbonyl (C=O) groups is 1. The van der Waals surface area contributed by atoms with Crippen molar-refractivity contribution in [2.24, 2.45) is 0 Å². The minimum Gasteiger partial charge on any atom is -0.358 e. The Bertz CT molecular complexity index is 674. The van der Waals surface area contributed by atoms with E-state index in [2.05, 4.69) is 35.2 Å². The highest BCUT2D eigenvalue weighted by molar-refractivity contribution is 6.06. The van der Waals surface area contributed by atoms with E-state index in [1.807, 2.05) is 19.1 Å². The van der Waals surface area contributed by atoms with Crippen LogP contribution in [-0.2, 0) is 0 Å². The minimum atomic E-state index is 0.0298. The van der Waals surface area contributed by atoms with Gasteiger partial charge in [0.15, 0.2) is 0 Å². The summed E-state index contributed by atoms with van der Waals surface area (Å²) in [6, 6.07) is 6.19. The van der Waals surface area contributed by atoms with Gasteiger partial charge < -0.3 is 15.2 Å². The van der Waals surface area contributed by atoms with Gasteiger partial charge in [0, 0.05) is 23.7 Å². The van der Waals surface area contributed by atoms with E-state index in [9.17, 15) is 4.79 Å².